The number of alkyl halides is 1. The summed E-state index contributed by atoms with van der Waals surface area (Å²) in [4.78, 5) is 4.67. The van der Waals surface area contributed by atoms with Gasteiger partial charge in [-0.2, -0.15) is 0 Å². The Morgan fingerprint density at radius 3 is 3.00 bits per heavy atom. The van der Waals surface area contributed by atoms with Crippen molar-refractivity contribution in [2.24, 2.45) is 0 Å². The highest BCUT2D eigenvalue weighted by Gasteiger charge is 2.01. The first-order valence-electron chi connectivity index (χ1n) is 3.69. The summed E-state index contributed by atoms with van der Waals surface area (Å²) < 4.78 is 11.4. The van der Waals surface area contributed by atoms with E-state index in [9.17, 15) is 4.21 Å². The molecule has 0 aliphatic rings. The standard InChI is InChI=1S/C8H10ClNOS/c9-4-2-6-12(11)8-3-1-5-10-7-8/h1,3,5,7H,2,4,6H2. The van der Waals surface area contributed by atoms with E-state index in [1.807, 2.05) is 6.07 Å². The van der Waals surface area contributed by atoms with Crippen LogP contribution in [0.1, 0.15) is 6.42 Å². The summed E-state index contributed by atoms with van der Waals surface area (Å²) in [5, 5.41) is 0. The largest absolute Gasteiger partial charge is 0.263 e. The third kappa shape index (κ3) is 2.91. The molecule has 1 heterocycles. The first-order valence-corrected chi connectivity index (χ1v) is 5.54. The minimum absolute atomic E-state index is 0.562. The van der Waals surface area contributed by atoms with Crippen LogP contribution >= 0.6 is 11.6 Å². The summed E-state index contributed by atoms with van der Waals surface area (Å²) in [7, 11) is -0.930. The molecule has 0 aromatic carbocycles. The maximum atomic E-state index is 11.4. The van der Waals surface area contributed by atoms with Gasteiger partial charge in [0.05, 0.1) is 15.7 Å². The molecule has 1 aromatic heterocycles. The highest BCUT2D eigenvalue weighted by atomic mass is 35.5. The molecule has 0 N–H and O–H groups in total. The number of nitrogens with zero attached hydrogens (tertiary/aromatic N) is 1. The predicted molar refractivity (Wildman–Crippen MR) is 50.8 cm³/mol. The zero-order valence-corrected chi connectivity index (χ0v) is 8.14. The van der Waals surface area contributed by atoms with E-state index in [0.717, 1.165) is 11.3 Å². The number of hydrogen-bond donors (Lipinski definition) is 0. The Morgan fingerprint density at radius 1 is 1.58 bits per heavy atom. The lowest BCUT2D eigenvalue weighted by molar-refractivity contribution is 0.681. The van der Waals surface area contributed by atoms with Crippen molar-refractivity contribution in [1.29, 1.82) is 0 Å². The molecule has 0 saturated heterocycles. The van der Waals surface area contributed by atoms with Gasteiger partial charge in [-0.1, -0.05) is 0 Å². The maximum Gasteiger partial charge on any atom is 0.0571 e. The van der Waals surface area contributed by atoms with Crippen molar-refractivity contribution < 1.29 is 4.21 Å². The fourth-order valence-corrected chi connectivity index (χ4v) is 2.13. The van der Waals surface area contributed by atoms with Gasteiger partial charge >= 0.3 is 0 Å². The van der Waals surface area contributed by atoms with Gasteiger partial charge in [0.1, 0.15) is 0 Å². The Hall–Kier alpha value is -0.410. The van der Waals surface area contributed by atoms with Crippen LogP contribution in [0.5, 0.6) is 0 Å². The van der Waals surface area contributed by atoms with Gasteiger partial charge in [0.25, 0.3) is 0 Å². The molecule has 0 spiro atoms. The van der Waals surface area contributed by atoms with Crippen molar-refractivity contribution in [3.8, 4) is 0 Å². The van der Waals surface area contributed by atoms with E-state index in [1.54, 1.807) is 18.5 Å². The second-order valence-corrected chi connectivity index (χ2v) is 4.23. The van der Waals surface area contributed by atoms with Gasteiger partial charge in [0.15, 0.2) is 0 Å². The van der Waals surface area contributed by atoms with Crippen molar-refractivity contribution in [1.82, 2.24) is 4.98 Å². The summed E-state index contributed by atoms with van der Waals surface area (Å²) in [5.41, 5.74) is 0. The number of halogens is 1. The summed E-state index contributed by atoms with van der Waals surface area (Å²) in [5.74, 6) is 1.18. The van der Waals surface area contributed by atoms with E-state index in [1.165, 1.54) is 0 Å². The Morgan fingerprint density at radius 2 is 2.42 bits per heavy atom. The molecule has 0 amide bonds. The number of rotatable bonds is 4. The van der Waals surface area contributed by atoms with Crippen molar-refractivity contribution in [3.63, 3.8) is 0 Å². The second-order valence-electron chi connectivity index (χ2n) is 2.28. The zero-order valence-electron chi connectivity index (χ0n) is 6.57. The van der Waals surface area contributed by atoms with Crippen LogP contribution in [0.2, 0.25) is 0 Å². The number of hydrogen-bond acceptors (Lipinski definition) is 2. The highest BCUT2D eigenvalue weighted by molar-refractivity contribution is 7.85. The molecular formula is C8H10ClNOS. The molecule has 0 fully saturated rings. The molecule has 4 heteroatoms. The Kier molecular flexibility index (Phi) is 4.25. The average molecular weight is 204 g/mol. The fraction of sp³-hybridized carbons (Fsp3) is 0.375. The minimum atomic E-state index is -0.930. The monoisotopic (exact) mass is 203 g/mol. The van der Waals surface area contributed by atoms with E-state index >= 15 is 0 Å². The Bertz CT molecular complexity index is 252. The molecule has 1 rings (SSSR count). The average Bonchev–Trinajstić information content (AvgIpc) is 2.15. The molecule has 0 bridgehead atoms. The van der Waals surface area contributed by atoms with Gasteiger partial charge in [0.2, 0.25) is 0 Å². The SMILES string of the molecule is O=S(CCCCl)c1cccnc1. The van der Waals surface area contributed by atoms with Crippen LogP contribution in [-0.2, 0) is 10.8 Å². The lowest BCUT2D eigenvalue weighted by Crippen LogP contribution is -1.98. The van der Waals surface area contributed by atoms with Gasteiger partial charge in [0, 0.05) is 24.0 Å². The van der Waals surface area contributed by atoms with E-state index in [2.05, 4.69) is 4.98 Å². The third-order valence-electron chi connectivity index (χ3n) is 1.36. The lowest BCUT2D eigenvalue weighted by atomic mass is 10.5. The predicted octanol–water partition coefficient (Wildman–Crippen LogP) is 1.82. The molecule has 1 aromatic rings. The molecule has 66 valence electrons. The van der Waals surface area contributed by atoms with Crippen LogP contribution in [-0.4, -0.2) is 20.8 Å². The van der Waals surface area contributed by atoms with Crippen LogP contribution in [0.15, 0.2) is 29.4 Å². The normalized spacial score (nSPS) is 12.8. The molecule has 12 heavy (non-hydrogen) atoms. The topological polar surface area (TPSA) is 30.0 Å². The molecular weight excluding hydrogens is 194 g/mol. The van der Waals surface area contributed by atoms with Gasteiger partial charge in [-0.05, 0) is 18.6 Å². The number of aromatic nitrogens is 1. The fourth-order valence-electron chi connectivity index (χ4n) is 0.785. The van der Waals surface area contributed by atoms with Gasteiger partial charge in [-0.15, -0.1) is 11.6 Å². The first-order chi connectivity index (χ1) is 5.84. The smallest absolute Gasteiger partial charge is 0.0571 e. The summed E-state index contributed by atoms with van der Waals surface area (Å²) >= 11 is 5.48. The van der Waals surface area contributed by atoms with Crippen LogP contribution in [0.3, 0.4) is 0 Å². The maximum absolute atomic E-state index is 11.4. The molecule has 0 radical (unpaired) electrons. The van der Waals surface area contributed by atoms with E-state index in [0.29, 0.717) is 11.6 Å². The first kappa shape index (κ1) is 9.68. The summed E-state index contributed by atoms with van der Waals surface area (Å²) in [6.45, 7) is 0. The van der Waals surface area contributed by atoms with Gasteiger partial charge in [-0.25, -0.2) is 0 Å². The van der Waals surface area contributed by atoms with Crippen molar-refractivity contribution in [2.75, 3.05) is 11.6 Å². The molecule has 0 aliphatic carbocycles. The summed E-state index contributed by atoms with van der Waals surface area (Å²) in [6.07, 6.45) is 4.08. The van der Waals surface area contributed by atoms with Crippen molar-refractivity contribution in [2.45, 2.75) is 11.3 Å². The van der Waals surface area contributed by atoms with E-state index in [-0.39, 0.29) is 0 Å². The Labute approximate surface area is 79.4 Å². The number of pyridine rings is 1. The van der Waals surface area contributed by atoms with Crippen LogP contribution < -0.4 is 0 Å². The van der Waals surface area contributed by atoms with E-state index < -0.39 is 10.8 Å². The molecule has 1 unspecified atom stereocenters. The van der Waals surface area contributed by atoms with Crippen LogP contribution in [0.25, 0.3) is 0 Å². The quantitative estimate of drug-likeness (QED) is 0.699. The summed E-state index contributed by atoms with van der Waals surface area (Å²) in [6, 6.07) is 3.60. The van der Waals surface area contributed by atoms with Gasteiger partial charge in [-0.3, -0.25) is 9.19 Å². The van der Waals surface area contributed by atoms with Crippen LogP contribution in [0.4, 0.5) is 0 Å². The lowest BCUT2D eigenvalue weighted by Gasteiger charge is -1.98. The van der Waals surface area contributed by atoms with Crippen molar-refractivity contribution in [3.05, 3.63) is 24.5 Å². The zero-order chi connectivity index (χ0) is 8.81. The Balaban J connectivity index is 2.54. The third-order valence-corrected chi connectivity index (χ3v) is 3.05. The minimum Gasteiger partial charge on any atom is -0.263 e. The molecule has 1 atom stereocenters. The molecule has 0 saturated carbocycles. The molecule has 0 aliphatic heterocycles. The molecule has 2 nitrogen and oxygen atoms in total. The van der Waals surface area contributed by atoms with Crippen molar-refractivity contribution >= 4 is 22.4 Å². The van der Waals surface area contributed by atoms with E-state index in [4.69, 9.17) is 11.6 Å². The van der Waals surface area contributed by atoms with Gasteiger partial charge < -0.3 is 0 Å². The second kappa shape index (κ2) is 5.27. The van der Waals surface area contributed by atoms with Crippen LogP contribution in [0, 0.1) is 0 Å². The highest BCUT2D eigenvalue weighted by Crippen LogP contribution is 2.04.